The van der Waals surface area contributed by atoms with Crippen molar-refractivity contribution in [2.75, 3.05) is 11.5 Å². The van der Waals surface area contributed by atoms with Crippen molar-refractivity contribution >= 4 is 11.8 Å². The molecule has 2 aromatic carbocycles. The van der Waals surface area contributed by atoms with Gasteiger partial charge in [-0.3, -0.25) is 0 Å². The summed E-state index contributed by atoms with van der Waals surface area (Å²) in [6.45, 7) is 0. The van der Waals surface area contributed by atoms with Gasteiger partial charge in [0.05, 0.1) is 6.04 Å². The molecule has 19 heavy (non-hydrogen) atoms. The van der Waals surface area contributed by atoms with Gasteiger partial charge in [-0.25, -0.2) is 0 Å². The van der Waals surface area contributed by atoms with Crippen molar-refractivity contribution < 1.29 is 0 Å². The first-order valence-electron chi connectivity index (χ1n) is 6.87. The molecule has 1 aliphatic rings. The summed E-state index contributed by atoms with van der Waals surface area (Å²) in [5.74, 6) is 2.52. The molecule has 1 fully saturated rings. The Morgan fingerprint density at radius 2 is 1.47 bits per heavy atom. The van der Waals surface area contributed by atoms with Gasteiger partial charge in [0.25, 0.3) is 0 Å². The van der Waals surface area contributed by atoms with Crippen LogP contribution in [0.1, 0.15) is 23.6 Å². The van der Waals surface area contributed by atoms with Gasteiger partial charge in [-0.15, -0.1) is 0 Å². The predicted octanol–water partition coefficient (Wildman–Crippen LogP) is 3.87. The minimum Gasteiger partial charge on any atom is -0.303 e. The van der Waals surface area contributed by atoms with Gasteiger partial charge in [0.2, 0.25) is 0 Å². The molecule has 0 aromatic heterocycles. The SMILES string of the molecule is c1ccc(C(NC2CCSC2)c2ccccc2)cc1. The first kappa shape index (κ1) is 12.8. The van der Waals surface area contributed by atoms with Crippen LogP contribution in [0.2, 0.25) is 0 Å². The average molecular weight is 269 g/mol. The Balaban J connectivity index is 1.87. The monoisotopic (exact) mass is 269 g/mol. The molecule has 0 aliphatic carbocycles. The molecule has 1 heterocycles. The number of thioether (sulfide) groups is 1. The van der Waals surface area contributed by atoms with Crippen LogP contribution < -0.4 is 5.32 Å². The molecule has 1 N–H and O–H groups in total. The Bertz CT molecular complexity index is 452. The summed E-state index contributed by atoms with van der Waals surface area (Å²) in [6.07, 6.45) is 1.28. The smallest absolute Gasteiger partial charge is 0.0579 e. The molecule has 0 amide bonds. The first-order valence-corrected chi connectivity index (χ1v) is 8.02. The molecular formula is C17H19NS. The van der Waals surface area contributed by atoms with Crippen molar-refractivity contribution in [1.82, 2.24) is 5.32 Å². The highest BCUT2D eigenvalue weighted by Gasteiger charge is 2.21. The number of benzene rings is 2. The second-order valence-electron chi connectivity index (χ2n) is 4.98. The second kappa shape index (κ2) is 6.27. The number of hydrogen-bond donors (Lipinski definition) is 1. The summed E-state index contributed by atoms with van der Waals surface area (Å²) in [4.78, 5) is 0. The lowest BCUT2D eigenvalue weighted by Crippen LogP contribution is -2.33. The highest BCUT2D eigenvalue weighted by molar-refractivity contribution is 7.99. The van der Waals surface area contributed by atoms with E-state index in [0.29, 0.717) is 12.1 Å². The van der Waals surface area contributed by atoms with E-state index in [1.54, 1.807) is 0 Å². The van der Waals surface area contributed by atoms with E-state index >= 15 is 0 Å². The molecule has 1 unspecified atom stereocenters. The van der Waals surface area contributed by atoms with E-state index < -0.39 is 0 Å². The van der Waals surface area contributed by atoms with Crippen LogP contribution in [0.15, 0.2) is 60.7 Å². The van der Waals surface area contributed by atoms with E-state index in [9.17, 15) is 0 Å². The van der Waals surface area contributed by atoms with E-state index in [1.165, 1.54) is 29.1 Å². The van der Waals surface area contributed by atoms with E-state index in [-0.39, 0.29) is 0 Å². The van der Waals surface area contributed by atoms with Gasteiger partial charge in [-0.2, -0.15) is 11.8 Å². The Hall–Kier alpha value is -1.25. The number of hydrogen-bond acceptors (Lipinski definition) is 2. The van der Waals surface area contributed by atoms with Crippen molar-refractivity contribution in [1.29, 1.82) is 0 Å². The molecule has 0 saturated carbocycles. The average Bonchev–Trinajstić information content (AvgIpc) is 3.00. The van der Waals surface area contributed by atoms with Crippen molar-refractivity contribution in [2.45, 2.75) is 18.5 Å². The van der Waals surface area contributed by atoms with Crippen LogP contribution in [0.25, 0.3) is 0 Å². The maximum absolute atomic E-state index is 3.83. The molecule has 0 bridgehead atoms. The Labute approximate surface area is 119 Å². The van der Waals surface area contributed by atoms with Crippen molar-refractivity contribution in [2.24, 2.45) is 0 Å². The molecule has 1 atom stereocenters. The van der Waals surface area contributed by atoms with Gasteiger partial charge in [-0.05, 0) is 23.3 Å². The molecule has 1 nitrogen and oxygen atoms in total. The fraction of sp³-hybridized carbons (Fsp3) is 0.294. The van der Waals surface area contributed by atoms with Crippen LogP contribution in [0.3, 0.4) is 0 Å². The minimum atomic E-state index is 0.311. The summed E-state index contributed by atoms with van der Waals surface area (Å²) < 4.78 is 0. The Morgan fingerprint density at radius 3 is 1.95 bits per heavy atom. The zero-order valence-corrected chi connectivity index (χ0v) is 11.8. The fourth-order valence-electron chi connectivity index (χ4n) is 2.58. The van der Waals surface area contributed by atoms with E-state index in [1.807, 2.05) is 0 Å². The van der Waals surface area contributed by atoms with Gasteiger partial charge in [0, 0.05) is 11.8 Å². The van der Waals surface area contributed by atoms with Crippen LogP contribution in [-0.2, 0) is 0 Å². The minimum absolute atomic E-state index is 0.311. The van der Waals surface area contributed by atoms with Crippen molar-refractivity contribution in [3.8, 4) is 0 Å². The molecule has 3 rings (SSSR count). The Morgan fingerprint density at radius 1 is 0.895 bits per heavy atom. The second-order valence-corrected chi connectivity index (χ2v) is 6.13. The third-order valence-corrected chi connectivity index (χ3v) is 4.76. The topological polar surface area (TPSA) is 12.0 Å². The van der Waals surface area contributed by atoms with Gasteiger partial charge in [0.1, 0.15) is 0 Å². The van der Waals surface area contributed by atoms with Crippen LogP contribution in [0.4, 0.5) is 0 Å². The lowest BCUT2D eigenvalue weighted by atomic mass is 9.97. The molecule has 2 heteroatoms. The molecule has 98 valence electrons. The molecule has 0 spiro atoms. The molecular weight excluding hydrogens is 250 g/mol. The normalized spacial score (nSPS) is 18.9. The summed E-state index contributed by atoms with van der Waals surface area (Å²) in [5.41, 5.74) is 2.70. The van der Waals surface area contributed by atoms with Gasteiger partial charge < -0.3 is 5.32 Å². The van der Waals surface area contributed by atoms with E-state index in [4.69, 9.17) is 0 Å². The number of rotatable bonds is 4. The van der Waals surface area contributed by atoms with Crippen LogP contribution >= 0.6 is 11.8 Å². The summed E-state index contributed by atoms with van der Waals surface area (Å²) >= 11 is 2.05. The zero-order valence-electron chi connectivity index (χ0n) is 11.0. The van der Waals surface area contributed by atoms with Gasteiger partial charge in [-0.1, -0.05) is 60.7 Å². The summed E-state index contributed by atoms with van der Waals surface area (Å²) in [6, 6.07) is 22.5. The van der Waals surface area contributed by atoms with Gasteiger partial charge in [0.15, 0.2) is 0 Å². The third-order valence-electron chi connectivity index (χ3n) is 3.60. The van der Waals surface area contributed by atoms with Crippen LogP contribution in [-0.4, -0.2) is 17.5 Å². The van der Waals surface area contributed by atoms with Crippen LogP contribution in [0.5, 0.6) is 0 Å². The quantitative estimate of drug-likeness (QED) is 0.904. The molecule has 1 saturated heterocycles. The fourth-order valence-corrected chi connectivity index (χ4v) is 3.74. The highest BCUT2D eigenvalue weighted by Crippen LogP contribution is 2.26. The van der Waals surface area contributed by atoms with E-state index in [2.05, 4.69) is 77.7 Å². The maximum Gasteiger partial charge on any atom is 0.0579 e. The zero-order chi connectivity index (χ0) is 12.9. The van der Waals surface area contributed by atoms with Crippen molar-refractivity contribution in [3.05, 3.63) is 71.8 Å². The summed E-state index contributed by atoms with van der Waals surface area (Å²) in [5, 5.41) is 3.83. The maximum atomic E-state index is 3.83. The van der Waals surface area contributed by atoms with E-state index in [0.717, 1.165) is 0 Å². The highest BCUT2D eigenvalue weighted by atomic mass is 32.2. The number of nitrogens with one attached hydrogen (secondary N) is 1. The molecule has 2 aromatic rings. The first-order chi connectivity index (χ1) is 9.43. The molecule has 1 aliphatic heterocycles. The predicted molar refractivity (Wildman–Crippen MR) is 83.6 cm³/mol. The lowest BCUT2D eigenvalue weighted by Gasteiger charge is -2.23. The summed E-state index contributed by atoms with van der Waals surface area (Å²) in [7, 11) is 0. The van der Waals surface area contributed by atoms with Gasteiger partial charge >= 0.3 is 0 Å². The van der Waals surface area contributed by atoms with Crippen molar-refractivity contribution in [3.63, 3.8) is 0 Å². The molecule has 0 radical (unpaired) electrons. The largest absolute Gasteiger partial charge is 0.303 e. The standard InChI is InChI=1S/C17H19NS/c1-3-7-14(8-4-1)17(15-9-5-2-6-10-15)18-16-11-12-19-13-16/h1-10,16-18H,11-13H2. The third kappa shape index (κ3) is 3.20. The Kier molecular flexibility index (Phi) is 4.21. The van der Waals surface area contributed by atoms with Crippen LogP contribution in [0, 0.1) is 0 Å². The lowest BCUT2D eigenvalue weighted by molar-refractivity contribution is 0.506.